The Hall–Kier alpha value is -1.53. The van der Waals surface area contributed by atoms with Crippen LogP contribution in [0, 0.1) is 11.3 Å². The van der Waals surface area contributed by atoms with Crippen molar-refractivity contribution in [2.75, 3.05) is 0 Å². The van der Waals surface area contributed by atoms with Gasteiger partial charge in [0.1, 0.15) is 17.5 Å². The van der Waals surface area contributed by atoms with Gasteiger partial charge in [-0.25, -0.2) is 4.98 Å². The normalized spacial score (nSPS) is 10.0. The van der Waals surface area contributed by atoms with Crippen LogP contribution in [0.25, 0.3) is 5.52 Å². The van der Waals surface area contributed by atoms with E-state index in [0.717, 1.165) is 5.52 Å². The van der Waals surface area contributed by atoms with Crippen molar-refractivity contribution < 1.29 is 0 Å². The monoisotopic (exact) mass is 177 g/mol. The molecule has 0 unspecified atom stereocenters. The summed E-state index contributed by atoms with van der Waals surface area (Å²) < 4.78 is 1.67. The van der Waals surface area contributed by atoms with Crippen molar-refractivity contribution in [1.82, 2.24) is 9.38 Å². The minimum absolute atomic E-state index is 0.557. The van der Waals surface area contributed by atoms with Gasteiger partial charge in [-0.05, 0) is 12.1 Å². The van der Waals surface area contributed by atoms with Gasteiger partial charge in [-0.1, -0.05) is 11.6 Å². The molecule has 2 rings (SSSR count). The molecule has 2 heterocycles. The van der Waals surface area contributed by atoms with Crippen LogP contribution in [0.3, 0.4) is 0 Å². The third-order valence-electron chi connectivity index (χ3n) is 1.65. The Labute approximate surface area is 73.8 Å². The second-order valence-corrected chi connectivity index (χ2v) is 2.72. The van der Waals surface area contributed by atoms with E-state index in [2.05, 4.69) is 11.1 Å². The van der Waals surface area contributed by atoms with Crippen molar-refractivity contribution >= 4 is 17.1 Å². The maximum Gasteiger partial charge on any atom is 0.114 e. The Morgan fingerprint density at radius 2 is 2.33 bits per heavy atom. The van der Waals surface area contributed by atoms with E-state index in [1.165, 1.54) is 0 Å². The van der Waals surface area contributed by atoms with Crippen LogP contribution in [0.4, 0.5) is 0 Å². The van der Waals surface area contributed by atoms with Crippen molar-refractivity contribution in [1.29, 1.82) is 5.26 Å². The Balaban J connectivity index is 2.94. The molecule has 0 saturated heterocycles. The number of rotatable bonds is 0. The van der Waals surface area contributed by atoms with Gasteiger partial charge < -0.3 is 0 Å². The van der Waals surface area contributed by atoms with Gasteiger partial charge in [0.25, 0.3) is 0 Å². The molecule has 0 aliphatic heterocycles. The molecule has 0 aliphatic carbocycles. The molecule has 0 aliphatic rings. The molecule has 4 heteroatoms. The fraction of sp³-hybridized carbons (Fsp3) is 0. The van der Waals surface area contributed by atoms with Crippen LogP contribution in [0.5, 0.6) is 0 Å². The SMILES string of the molecule is N#Cc1ccc(Cl)n2cncc12. The zero-order valence-electron chi connectivity index (χ0n) is 6.03. The highest BCUT2D eigenvalue weighted by molar-refractivity contribution is 6.29. The lowest BCUT2D eigenvalue weighted by molar-refractivity contribution is 1.15. The van der Waals surface area contributed by atoms with Crippen LogP contribution >= 0.6 is 11.6 Å². The zero-order chi connectivity index (χ0) is 8.55. The molecule has 0 radical (unpaired) electrons. The average molecular weight is 178 g/mol. The molecular weight excluding hydrogens is 174 g/mol. The molecule has 0 N–H and O–H groups in total. The predicted molar refractivity (Wildman–Crippen MR) is 44.9 cm³/mol. The third-order valence-corrected chi connectivity index (χ3v) is 1.96. The van der Waals surface area contributed by atoms with E-state index in [9.17, 15) is 0 Å². The van der Waals surface area contributed by atoms with E-state index >= 15 is 0 Å². The van der Waals surface area contributed by atoms with Crippen LogP contribution in [0.1, 0.15) is 5.56 Å². The summed E-state index contributed by atoms with van der Waals surface area (Å²) in [7, 11) is 0. The van der Waals surface area contributed by atoms with Gasteiger partial charge in [0.05, 0.1) is 17.3 Å². The summed E-state index contributed by atoms with van der Waals surface area (Å²) in [5, 5.41) is 9.27. The van der Waals surface area contributed by atoms with E-state index in [1.54, 1.807) is 29.1 Å². The number of hydrogen-bond donors (Lipinski definition) is 0. The van der Waals surface area contributed by atoms with Crippen LogP contribution < -0.4 is 0 Å². The molecule has 0 aromatic carbocycles. The van der Waals surface area contributed by atoms with Gasteiger partial charge in [-0.15, -0.1) is 0 Å². The van der Waals surface area contributed by atoms with Crippen molar-refractivity contribution in [3.05, 3.63) is 35.4 Å². The van der Waals surface area contributed by atoms with Gasteiger partial charge in [0.2, 0.25) is 0 Å². The van der Waals surface area contributed by atoms with E-state index in [1.807, 2.05) is 0 Å². The molecule has 0 bridgehead atoms. The molecule has 2 aromatic heterocycles. The van der Waals surface area contributed by atoms with Crippen LogP contribution in [-0.2, 0) is 0 Å². The number of nitrogens with zero attached hydrogens (tertiary/aromatic N) is 3. The van der Waals surface area contributed by atoms with Crippen LogP contribution in [-0.4, -0.2) is 9.38 Å². The van der Waals surface area contributed by atoms with Crippen LogP contribution in [0.2, 0.25) is 5.15 Å². The Kier molecular flexibility index (Phi) is 1.49. The van der Waals surface area contributed by atoms with E-state index in [-0.39, 0.29) is 0 Å². The second kappa shape index (κ2) is 2.50. The standard InChI is InChI=1S/C8H4ClN3/c9-8-2-1-6(3-10)7-4-11-5-12(7)8/h1-2,4-5H. The molecule has 58 valence electrons. The molecule has 0 saturated carbocycles. The van der Waals surface area contributed by atoms with Crippen molar-refractivity contribution in [2.24, 2.45) is 0 Å². The van der Waals surface area contributed by atoms with Crippen molar-refractivity contribution in [2.45, 2.75) is 0 Å². The average Bonchev–Trinajstić information content (AvgIpc) is 2.54. The molecule has 0 spiro atoms. The van der Waals surface area contributed by atoms with E-state index in [0.29, 0.717) is 10.7 Å². The molecule has 12 heavy (non-hydrogen) atoms. The van der Waals surface area contributed by atoms with E-state index in [4.69, 9.17) is 16.9 Å². The Morgan fingerprint density at radius 1 is 1.50 bits per heavy atom. The van der Waals surface area contributed by atoms with Gasteiger partial charge in [-0.2, -0.15) is 5.26 Å². The van der Waals surface area contributed by atoms with Gasteiger partial charge in [0, 0.05) is 0 Å². The number of fused-ring (bicyclic) bond motifs is 1. The maximum absolute atomic E-state index is 8.71. The Bertz CT molecular complexity index is 467. The summed E-state index contributed by atoms with van der Waals surface area (Å²) in [6.07, 6.45) is 3.20. The first-order chi connectivity index (χ1) is 5.83. The largest absolute Gasteiger partial charge is 0.288 e. The molecule has 2 aromatic rings. The van der Waals surface area contributed by atoms with E-state index < -0.39 is 0 Å². The zero-order valence-corrected chi connectivity index (χ0v) is 6.78. The molecular formula is C8H4ClN3. The topological polar surface area (TPSA) is 41.1 Å². The lowest BCUT2D eigenvalue weighted by Crippen LogP contribution is -1.86. The fourth-order valence-electron chi connectivity index (χ4n) is 1.08. The Morgan fingerprint density at radius 3 is 3.08 bits per heavy atom. The summed E-state index contributed by atoms with van der Waals surface area (Å²) >= 11 is 5.84. The lowest BCUT2D eigenvalue weighted by atomic mass is 10.2. The highest BCUT2D eigenvalue weighted by Crippen LogP contribution is 2.15. The number of nitriles is 1. The first kappa shape index (κ1) is 7.14. The third kappa shape index (κ3) is 0.858. The predicted octanol–water partition coefficient (Wildman–Crippen LogP) is 1.86. The maximum atomic E-state index is 8.71. The van der Waals surface area contributed by atoms with Gasteiger partial charge >= 0.3 is 0 Å². The summed E-state index contributed by atoms with van der Waals surface area (Å²) in [5.41, 5.74) is 1.32. The van der Waals surface area contributed by atoms with Crippen molar-refractivity contribution in [3.8, 4) is 6.07 Å². The van der Waals surface area contributed by atoms with Crippen LogP contribution in [0.15, 0.2) is 24.7 Å². The quantitative estimate of drug-likeness (QED) is 0.577. The van der Waals surface area contributed by atoms with Gasteiger partial charge in [0.15, 0.2) is 0 Å². The summed E-state index contributed by atoms with van der Waals surface area (Å²) in [4.78, 5) is 3.90. The number of aromatic nitrogens is 2. The summed E-state index contributed by atoms with van der Waals surface area (Å²) in [5.74, 6) is 0. The second-order valence-electron chi connectivity index (χ2n) is 2.33. The molecule has 0 amide bonds. The number of pyridine rings is 1. The summed E-state index contributed by atoms with van der Waals surface area (Å²) in [6, 6.07) is 5.42. The first-order valence-corrected chi connectivity index (χ1v) is 3.71. The van der Waals surface area contributed by atoms with Crippen molar-refractivity contribution in [3.63, 3.8) is 0 Å². The highest BCUT2D eigenvalue weighted by Gasteiger charge is 2.02. The minimum Gasteiger partial charge on any atom is -0.288 e. The molecule has 0 fully saturated rings. The number of halogens is 1. The minimum atomic E-state index is 0.557. The molecule has 0 atom stereocenters. The number of hydrogen-bond acceptors (Lipinski definition) is 2. The first-order valence-electron chi connectivity index (χ1n) is 3.33. The molecule has 3 nitrogen and oxygen atoms in total. The number of imidazole rings is 1. The lowest BCUT2D eigenvalue weighted by Gasteiger charge is -1.97. The smallest absolute Gasteiger partial charge is 0.114 e. The fourth-order valence-corrected chi connectivity index (χ4v) is 1.27. The van der Waals surface area contributed by atoms with Gasteiger partial charge in [-0.3, -0.25) is 4.40 Å². The summed E-state index contributed by atoms with van der Waals surface area (Å²) in [6.45, 7) is 0. The highest BCUT2D eigenvalue weighted by atomic mass is 35.5.